The highest BCUT2D eigenvalue weighted by Gasteiger charge is 1.73. The van der Waals surface area contributed by atoms with E-state index in [1.807, 2.05) is 30.3 Å². The van der Waals surface area contributed by atoms with Crippen molar-refractivity contribution >= 4 is 12.6 Å². The lowest BCUT2D eigenvalue weighted by molar-refractivity contribution is 0.824. The van der Waals surface area contributed by atoms with Gasteiger partial charge in [0, 0.05) is 4.90 Å². The van der Waals surface area contributed by atoms with Crippen molar-refractivity contribution in [1.29, 1.82) is 0 Å². The number of thiol groups is 1. The molecule has 0 amide bonds. The van der Waals surface area contributed by atoms with Crippen LogP contribution in [0.15, 0.2) is 35.2 Å². The second-order valence-electron chi connectivity index (χ2n) is 2.34. The number of benzene rings is 1. The topological polar surface area (TPSA) is 31.5 Å². The summed E-state index contributed by atoms with van der Waals surface area (Å²) in [5.41, 5.74) is 0. The van der Waals surface area contributed by atoms with Gasteiger partial charge in [-0.15, -0.1) is 12.6 Å². The third kappa shape index (κ3) is 9.53. The van der Waals surface area contributed by atoms with Crippen LogP contribution in [-0.2, 0) is 0 Å². The van der Waals surface area contributed by atoms with E-state index in [4.69, 9.17) is 0 Å². The van der Waals surface area contributed by atoms with E-state index in [-0.39, 0.29) is 5.48 Å². The van der Waals surface area contributed by atoms with Gasteiger partial charge in [-0.25, -0.2) is 0 Å². The van der Waals surface area contributed by atoms with Crippen LogP contribution in [0.2, 0.25) is 0 Å². The highest BCUT2D eigenvalue weighted by Crippen LogP contribution is 2.00. The van der Waals surface area contributed by atoms with Crippen molar-refractivity contribution in [3.8, 4) is 0 Å². The normalized spacial score (nSPS) is 7.58. The first kappa shape index (κ1) is 14.1. The van der Waals surface area contributed by atoms with Crippen LogP contribution in [0.3, 0.4) is 0 Å². The Bertz CT molecular complexity index is 161. The van der Waals surface area contributed by atoms with Gasteiger partial charge in [0.25, 0.3) is 0 Å². The predicted octanol–water partition coefficient (Wildman–Crippen LogP) is 2.96. The summed E-state index contributed by atoms with van der Waals surface area (Å²) in [4.78, 5) is 1.02. The fourth-order valence-electron chi connectivity index (χ4n) is 0.428. The van der Waals surface area contributed by atoms with Crippen molar-refractivity contribution in [2.24, 2.45) is 0 Å². The Balaban J connectivity index is 0. The third-order valence-corrected chi connectivity index (χ3v) is 1.55. The maximum atomic E-state index is 4.08. The minimum absolute atomic E-state index is 0. The van der Waals surface area contributed by atoms with Gasteiger partial charge in [0.05, 0.1) is 0 Å². The summed E-state index contributed by atoms with van der Waals surface area (Å²) in [7, 11) is 0. The van der Waals surface area contributed by atoms with E-state index in [1.165, 1.54) is 12.8 Å². The molecule has 0 aliphatic heterocycles. The van der Waals surface area contributed by atoms with Gasteiger partial charge in [-0.3, -0.25) is 0 Å². The maximum Gasteiger partial charge on any atom is 0.00399 e. The molecule has 0 spiro atoms. The van der Waals surface area contributed by atoms with E-state index >= 15 is 0 Å². The first-order chi connectivity index (χ1) is 5.31. The van der Waals surface area contributed by atoms with Crippen molar-refractivity contribution in [3.05, 3.63) is 30.3 Å². The fraction of sp³-hybridized carbons (Fsp3) is 0.400. The monoisotopic (exact) mass is 186 g/mol. The summed E-state index contributed by atoms with van der Waals surface area (Å²) >= 11 is 4.08. The molecule has 0 aromatic heterocycles. The van der Waals surface area contributed by atoms with Gasteiger partial charge in [-0.05, 0) is 12.1 Å². The zero-order valence-electron chi connectivity index (χ0n) is 7.75. The van der Waals surface area contributed by atoms with Gasteiger partial charge in [0.15, 0.2) is 0 Å². The molecule has 2 heteroatoms. The highest BCUT2D eigenvalue weighted by molar-refractivity contribution is 7.80. The Kier molecular flexibility index (Phi) is 12.4. The van der Waals surface area contributed by atoms with Crippen LogP contribution < -0.4 is 0 Å². The lowest BCUT2D eigenvalue weighted by atomic mass is 10.4. The van der Waals surface area contributed by atoms with E-state index in [9.17, 15) is 0 Å². The Hall–Kier alpha value is -0.470. The van der Waals surface area contributed by atoms with Crippen LogP contribution >= 0.6 is 12.6 Å². The van der Waals surface area contributed by atoms with E-state index in [0.717, 1.165) is 4.90 Å². The number of hydrogen-bond donors (Lipinski definition) is 1. The van der Waals surface area contributed by atoms with Gasteiger partial charge >= 0.3 is 0 Å². The van der Waals surface area contributed by atoms with Crippen LogP contribution in [0.4, 0.5) is 0 Å². The van der Waals surface area contributed by atoms with Crippen LogP contribution in [0.1, 0.15) is 26.7 Å². The van der Waals surface area contributed by atoms with Gasteiger partial charge in [0.2, 0.25) is 0 Å². The average molecular weight is 186 g/mol. The summed E-state index contributed by atoms with van der Waals surface area (Å²) in [6.07, 6.45) is 2.64. The largest absolute Gasteiger partial charge is 0.412 e. The maximum absolute atomic E-state index is 4.08. The van der Waals surface area contributed by atoms with Crippen molar-refractivity contribution in [3.63, 3.8) is 0 Å². The molecule has 0 bridgehead atoms. The van der Waals surface area contributed by atoms with Crippen LogP contribution in [0.25, 0.3) is 0 Å². The Morgan fingerprint density at radius 3 is 1.58 bits per heavy atom. The molecule has 1 rings (SSSR count). The molecular formula is C10H18OS. The van der Waals surface area contributed by atoms with E-state index in [0.29, 0.717) is 0 Å². The Morgan fingerprint density at radius 1 is 1.00 bits per heavy atom. The Labute approximate surface area is 80.5 Å². The smallest absolute Gasteiger partial charge is 0.00399 e. The lowest BCUT2D eigenvalue weighted by Gasteiger charge is -1.81. The zero-order chi connectivity index (χ0) is 8.53. The quantitative estimate of drug-likeness (QED) is 0.654. The van der Waals surface area contributed by atoms with Crippen molar-refractivity contribution in [2.75, 3.05) is 0 Å². The zero-order valence-corrected chi connectivity index (χ0v) is 8.64. The SMILES string of the molecule is CCCC.O.Sc1ccccc1. The van der Waals surface area contributed by atoms with Crippen molar-refractivity contribution < 1.29 is 5.48 Å². The van der Waals surface area contributed by atoms with Crippen LogP contribution in [0, 0.1) is 0 Å². The number of unbranched alkanes of at least 4 members (excludes halogenated alkanes) is 1. The molecule has 0 atom stereocenters. The van der Waals surface area contributed by atoms with Gasteiger partial charge in [-0.1, -0.05) is 44.9 Å². The fourth-order valence-corrected chi connectivity index (χ4v) is 0.600. The molecule has 0 saturated carbocycles. The van der Waals surface area contributed by atoms with E-state index < -0.39 is 0 Å². The molecule has 0 radical (unpaired) electrons. The van der Waals surface area contributed by atoms with Gasteiger partial charge in [-0.2, -0.15) is 0 Å². The summed E-state index contributed by atoms with van der Waals surface area (Å²) in [5, 5.41) is 0. The minimum atomic E-state index is 0. The molecule has 12 heavy (non-hydrogen) atoms. The van der Waals surface area contributed by atoms with Crippen molar-refractivity contribution in [1.82, 2.24) is 0 Å². The molecule has 0 unspecified atom stereocenters. The second kappa shape index (κ2) is 10.5. The number of hydrogen-bond acceptors (Lipinski definition) is 1. The first-order valence-corrected chi connectivity index (χ1v) is 4.50. The highest BCUT2D eigenvalue weighted by atomic mass is 32.1. The molecule has 1 aromatic rings. The van der Waals surface area contributed by atoms with Gasteiger partial charge in [0.1, 0.15) is 0 Å². The van der Waals surface area contributed by atoms with Crippen LogP contribution in [-0.4, -0.2) is 5.48 Å². The molecular weight excluding hydrogens is 168 g/mol. The summed E-state index contributed by atoms with van der Waals surface area (Å²) < 4.78 is 0. The van der Waals surface area contributed by atoms with Gasteiger partial charge < -0.3 is 5.48 Å². The second-order valence-corrected chi connectivity index (χ2v) is 2.85. The summed E-state index contributed by atoms with van der Waals surface area (Å²) in [6, 6.07) is 9.79. The molecule has 0 heterocycles. The lowest BCUT2D eigenvalue weighted by Crippen LogP contribution is -1.56. The molecule has 1 nitrogen and oxygen atoms in total. The molecule has 0 saturated heterocycles. The molecule has 1 aromatic carbocycles. The minimum Gasteiger partial charge on any atom is -0.412 e. The summed E-state index contributed by atoms with van der Waals surface area (Å²) in [5.74, 6) is 0. The molecule has 0 aliphatic rings. The summed E-state index contributed by atoms with van der Waals surface area (Å²) in [6.45, 7) is 4.36. The Morgan fingerprint density at radius 2 is 1.42 bits per heavy atom. The molecule has 0 aliphatic carbocycles. The van der Waals surface area contributed by atoms with Crippen molar-refractivity contribution in [2.45, 2.75) is 31.6 Å². The molecule has 70 valence electrons. The van der Waals surface area contributed by atoms with E-state index in [1.54, 1.807) is 0 Å². The predicted molar refractivity (Wildman–Crippen MR) is 57.9 cm³/mol. The van der Waals surface area contributed by atoms with E-state index in [2.05, 4.69) is 26.5 Å². The van der Waals surface area contributed by atoms with Crippen LogP contribution in [0.5, 0.6) is 0 Å². The third-order valence-electron chi connectivity index (χ3n) is 1.26. The number of rotatable bonds is 1. The molecule has 2 N–H and O–H groups in total. The standard InChI is InChI=1S/C6H6S.C4H10.H2O/c7-6-4-2-1-3-5-6;1-3-4-2;/h1-5,7H;3-4H2,1-2H3;1H2. The first-order valence-electron chi connectivity index (χ1n) is 4.05. The average Bonchev–Trinajstić information content (AvgIpc) is 2.07. The molecule has 0 fully saturated rings.